The Morgan fingerprint density at radius 1 is 1.28 bits per heavy atom. The van der Waals surface area contributed by atoms with Crippen molar-refractivity contribution in [3.05, 3.63) is 59.7 Å². The van der Waals surface area contributed by atoms with Gasteiger partial charge in [-0.15, -0.1) is 5.10 Å². The molecule has 1 aliphatic rings. The van der Waals surface area contributed by atoms with Crippen LogP contribution in [0.15, 0.2) is 42.7 Å². The zero-order valence-corrected chi connectivity index (χ0v) is 18.0. The molecule has 3 aromatic heterocycles. The Balaban J connectivity index is 1.30. The first-order chi connectivity index (χ1) is 15.7. The number of hydrogen-bond acceptors (Lipinski definition) is 6. The molecule has 0 spiro atoms. The summed E-state index contributed by atoms with van der Waals surface area (Å²) in [6.45, 7) is 2.55. The van der Waals surface area contributed by atoms with Gasteiger partial charge in [0.2, 0.25) is 0 Å². The highest BCUT2D eigenvalue weighted by atomic mass is 16.5. The minimum absolute atomic E-state index is 0.295. The largest absolute Gasteiger partial charge is 0.495 e. The minimum Gasteiger partial charge on any atom is -0.495 e. The normalized spacial score (nSPS) is 13.8. The Bertz CT molecular complexity index is 1280. The molecule has 0 bridgehead atoms. The number of pyridine rings is 1. The molecule has 162 valence electrons. The highest BCUT2D eigenvalue weighted by molar-refractivity contribution is 5.81. The molecule has 8 heteroatoms. The topological polar surface area (TPSA) is 104 Å². The van der Waals surface area contributed by atoms with Crippen LogP contribution in [0.25, 0.3) is 22.2 Å². The Morgan fingerprint density at radius 2 is 2.19 bits per heavy atom. The van der Waals surface area contributed by atoms with Crippen LogP contribution in [0.4, 0.5) is 0 Å². The fraction of sp³-hybridized carbons (Fsp3) is 0.333. The van der Waals surface area contributed by atoms with Gasteiger partial charge in [0.05, 0.1) is 26.0 Å². The third kappa shape index (κ3) is 4.20. The monoisotopic (exact) mass is 427 g/mol. The number of methoxy groups -OCH3 is 1. The van der Waals surface area contributed by atoms with E-state index in [2.05, 4.69) is 55.9 Å². The fourth-order valence-corrected chi connectivity index (χ4v) is 4.06. The number of fused-ring (bicyclic) bond motifs is 1. The van der Waals surface area contributed by atoms with Crippen LogP contribution in [0.2, 0.25) is 0 Å². The van der Waals surface area contributed by atoms with Crippen molar-refractivity contribution in [1.29, 1.82) is 5.26 Å². The van der Waals surface area contributed by atoms with E-state index in [-0.39, 0.29) is 0 Å². The molecule has 1 aliphatic carbocycles. The standard InChI is InChI=1S/C24H25N7O/c1-32-20-9-21(23(10-25)27-13-20)24-15-31(30-29-24)14-17-5-6-18-8-19(28-22(18)7-17)12-26-11-16-3-2-4-16/h5-9,13,15-16,26,28H,2-4,11-12,14H2,1H3. The molecule has 3 heterocycles. The maximum absolute atomic E-state index is 9.37. The van der Waals surface area contributed by atoms with Gasteiger partial charge in [-0.05, 0) is 54.5 Å². The third-order valence-corrected chi connectivity index (χ3v) is 6.08. The number of rotatable bonds is 8. The van der Waals surface area contributed by atoms with Gasteiger partial charge in [-0.2, -0.15) is 5.26 Å². The van der Waals surface area contributed by atoms with Gasteiger partial charge in [0.25, 0.3) is 0 Å². The predicted molar refractivity (Wildman–Crippen MR) is 121 cm³/mol. The first-order valence-electron chi connectivity index (χ1n) is 10.9. The zero-order valence-electron chi connectivity index (χ0n) is 18.0. The number of H-pyrrole nitrogens is 1. The molecule has 1 saturated carbocycles. The van der Waals surface area contributed by atoms with Gasteiger partial charge in [-0.25, -0.2) is 9.67 Å². The lowest BCUT2D eigenvalue weighted by Crippen LogP contribution is -2.26. The van der Waals surface area contributed by atoms with Crippen molar-refractivity contribution in [2.45, 2.75) is 32.4 Å². The zero-order chi connectivity index (χ0) is 21.9. The van der Waals surface area contributed by atoms with Crippen LogP contribution in [0.1, 0.15) is 36.2 Å². The molecule has 0 radical (unpaired) electrons. The number of benzene rings is 1. The van der Waals surface area contributed by atoms with Crippen LogP contribution in [0.5, 0.6) is 5.75 Å². The second-order valence-electron chi connectivity index (χ2n) is 8.33. The second kappa shape index (κ2) is 8.81. The molecular formula is C24H25N7O. The lowest BCUT2D eigenvalue weighted by Gasteiger charge is -2.25. The quantitative estimate of drug-likeness (QED) is 0.445. The van der Waals surface area contributed by atoms with Crippen molar-refractivity contribution < 1.29 is 4.74 Å². The summed E-state index contributed by atoms with van der Waals surface area (Å²) in [4.78, 5) is 7.66. The Kier molecular flexibility index (Phi) is 5.57. The van der Waals surface area contributed by atoms with E-state index in [9.17, 15) is 5.26 Å². The van der Waals surface area contributed by atoms with E-state index < -0.39 is 0 Å². The van der Waals surface area contributed by atoms with Gasteiger partial charge in [-0.3, -0.25) is 0 Å². The van der Waals surface area contributed by atoms with Gasteiger partial charge in [0, 0.05) is 23.3 Å². The summed E-state index contributed by atoms with van der Waals surface area (Å²) >= 11 is 0. The van der Waals surface area contributed by atoms with E-state index in [1.54, 1.807) is 17.9 Å². The van der Waals surface area contributed by atoms with Crippen molar-refractivity contribution >= 4 is 10.9 Å². The molecule has 0 aliphatic heterocycles. The maximum Gasteiger partial charge on any atom is 0.150 e. The smallest absolute Gasteiger partial charge is 0.150 e. The van der Waals surface area contributed by atoms with Crippen LogP contribution >= 0.6 is 0 Å². The molecule has 8 nitrogen and oxygen atoms in total. The molecule has 0 saturated heterocycles. The van der Waals surface area contributed by atoms with Crippen molar-refractivity contribution in [1.82, 2.24) is 30.3 Å². The summed E-state index contributed by atoms with van der Waals surface area (Å²) < 4.78 is 7.00. The lowest BCUT2D eigenvalue weighted by molar-refractivity contribution is 0.301. The third-order valence-electron chi connectivity index (χ3n) is 6.08. The van der Waals surface area contributed by atoms with Gasteiger partial charge < -0.3 is 15.0 Å². The van der Waals surface area contributed by atoms with E-state index in [0.717, 1.165) is 30.1 Å². The average Bonchev–Trinajstić information content (AvgIpc) is 3.41. The molecule has 1 fully saturated rings. The van der Waals surface area contributed by atoms with E-state index in [0.29, 0.717) is 29.2 Å². The summed E-state index contributed by atoms with van der Waals surface area (Å²) in [7, 11) is 1.57. The van der Waals surface area contributed by atoms with Gasteiger partial charge in [0.15, 0.2) is 0 Å². The van der Waals surface area contributed by atoms with Gasteiger partial charge in [-0.1, -0.05) is 23.8 Å². The lowest BCUT2D eigenvalue weighted by atomic mass is 9.85. The minimum atomic E-state index is 0.295. The molecular weight excluding hydrogens is 402 g/mol. The van der Waals surface area contributed by atoms with Crippen LogP contribution in [-0.2, 0) is 13.1 Å². The number of nitrogens with zero attached hydrogens (tertiary/aromatic N) is 5. The Morgan fingerprint density at radius 3 is 2.97 bits per heavy atom. The summed E-state index contributed by atoms with van der Waals surface area (Å²) in [6, 6.07) is 12.5. The summed E-state index contributed by atoms with van der Waals surface area (Å²) in [5.74, 6) is 1.43. The Hall–Kier alpha value is -3.70. The van der Waals surface area contributed by atoms with Crippen LogP contribution in [0, 0.1) is 17.2 Å². The molecule has 0 amide bonds. The van der Waals surface area contributed by atoms with Crippen LogP contribution in [0.3, 0.4) is 0 Å². The maximum atomic E-state index is 9.37. The Labute approximate surface area is 186 Å². The number of ether oxygens (including phenoxy) is 1. The van der Waals surface area contributed by atoms with Gasteiger partial charge >= 0.3 is 0 Å². The summed E-state index contributed by atoms with van der Waals surface area (Å²) in [5, 5.41) is 22.6. The van der Waals surface area contributed by atoms with E-state index in [1.807, 2.05) is 6.20 Å². The summed E-state index contributed by atoms with van der Waals surface area (Å²) in [6.07, 6.45) is 7.45. The van der Waals surface area contributed by atoms with E-state index in [1.165, 1.54) is 36.5 Å². The van der Waals surface area contributed by atoms with Crippen LogP contribution < -0.4 is 10.1 Å². The SMILES string of the molecule is COc1cnc(C#N)c(-c2cn(Cc3ccc4cc(CNCC5CCC5)[nH]c4c3)nn2)c1. The molecule has 2 N–H and O–H groups in total. The van der Waals surface area contributed by atoms with Crippen LogP contribution in [-0.4, -0.2) is 38.6 Å². The highest BCUT2D eigenvalue weighted by Crippen LogP contribution is 2.26. The molecule has 32 heavy (non-hydrogen) atoms. The molecule has 1 aromatic carbocycles. The number of hydrogen-bond donors (Lipinski definition) is 2. The summed E-state index contributed by atoms with van der Waals surface area (Å²) in [5.41, 5.74) is 4.94. The number of aromatic amines is 1. The first kappa shape index (κ1) is 20.2. The number of nitriles is 1. The van der Waals surface area contributed by atoms with Crippen molar-refractivity contribution in [3.8, 4) is 23.1 Å². The van der Waals surface area contributed by atoms with Gasteiger partial charge in [0.1, 0.15) is 23.2 Å². The molecule has 4 aromatic rings. The number of aromatic nitrogens is 5. The fourth-order valence-electron chi connectivity index (χ4n) is 4.06. The van der Waals surface area contributed by atoms with E-state index in [4.69, 9.17) is 4.74 Å². The predicted octanol–water partition coefficient (Wildman–Crippen LogP) is 3.64. The van der Waals surface area contributed by atoms with Crippen molar-refractivity contribution in [2.24, 2.45) is 5.92 Å². The van der Waals surface area contributed by atoms with Crippen molar-refractivity contribution in [2.75, 3.05) is 13.7 Å². The van der Waals surface area contributed by atoms with E-state index >= 15 is 0 Å². The molecule has 5 rings (SSSR count). The second-order valence-corrected chi connectivity index (χ2v) is 8.33. The highest BCUT2D eigenvalue weighted by Gasteiger charge is 2.16. The molecule has 0 atom stereocenters. The molecule has 0 unspecified atom stereocenters. The first-order valence-corrected chi connectivity index (χ1v) is 10.9. The van der Waals surface area contributed by atoms with Crippen molar-refractivity contribution in [3.63, 3.8) is 0 Å². The average molecular weight is 428 g/mol. The number of nitrogens with one attached hydrogen (secondary N) is 2.